The van der Waals surface area contributed by atoms with E-state index in [0.717, 1.165) is 11.1 Å². The van der Waals surface area contributed by atoms with Crippen LogP contribution < -0.4 is 16.2 Å². The number of rotatable bonds is 2. The van der Waals surface area contributed by atoms with Crippen molar-refractivity contribution in [1.29, 1.82) is 0 Å². The molecule has 0 radical (unpaired) electrons. The zero-order valence-electron chi connectivity index (χ0n) is 12.3. The van der Waals surface area contributed by atoms with Gasteiger partial charge in [-0.3, -0.25) is 15.6 Å². The standard InChI is InChI=1S/C15H21N3OS/c1-11-6-5-7-12(10-11)8-9-13(19)17-18-14(20)16-15(2,3)4/h5-10H,1-4H3,(H,17,19)(H2,16,18,20)/b9-8+. The van der Waals surface area contributed by atoms with E-state index in [9.17, 15) is 4.79 Å². The lowest BCUT2D eigenvalue weighted by molar-refractivity contribution is -0.117. The molecule has 0 saturated heterocycles. The van der Waals surface area contributed by atoms with E-state index >= 15 is 0 Å². The van der Waals surface area contributed by atoms with Crippen LogP contribution in [0.3, 0.4) is 0 Å². The van der Waals surface area contributed by atoms with Crippen LogP contribution in [0.2, 0.25) is 0 Å². The zero-order chi connectivity index (χ0) is 15.2. The lowest BCUT2D eigenvalue weighted by Gasteiger charge is -2.22. The minimum atomic E-state index is -0.260. The summed E-state index contributed by atoms with van der Waals surface area (Å²) >= 11 is 5.05. The van der Waals surface area contributed by atoms with Crippen LogP contribution >= 0.6 is 12.2 Å². The van der Waals surface area contributed by atoms with E-state index < -0.39 is 0 Å². The molecular formula is C15H21N3OS. The molecule has 4 nitrogen and oxygen atoms in total. The maximum Gasteiger partial charge on any atom is 0.262 e. The van der Waals surface area contributed by atoms with Crippen molar-refractivity contribution in [2.24, 2.45) is 0 Å². The summed E-state index contributed by atoms with van der Waals surface area (Å²) in [6, 6.07) is 7.90. The van der Waals surface area contributed by atoms with Gasteiger partial charge in [-0.25, -0.2) is 0 Å². The van der Waals surface area contributed by atoms with Crippen molar-refractivity contribution in [3.63, 3.8) is 0 Å². The van der Waals surface area contributed by atoms with E-state index in [-0.39, 0.29) is 11.4 Å². The lowest BCUT2D eigenvalue weighted by Crippen LogP contribution is -2.51. The van der Waals surface area contributed by atoms with E-state index in [4.69, 9.17) is 12.2 Å². The Morgan fingerprint density at radius 1 is 1.25 bits per heavy atom. The number of hydrogen-bond donors (Lipinski definition) is 3. The molecular weight excluding hydrogens is 270 g/mol. The molecule has 0 atom stereocenters. The Bertz CT molecular complexity index is 518. The topological polar surface area (TPSA) is 53.2 Å². The van der Waals surface area contributed by atoms with Gasteiger partial charge in [0.15, 0.2) is 5.11 Å². The molecule has 108 valence electrons. The molecule has 20 heavy (non-hydrogen) atoms. The third kappa shape index (κ3) is 6.89. The number of carbonyl (C=O) groups excluding carboxylic acids is 1. The molecule has 0 aliphatic carbocycles. The van der Waals surface area contributed by atoms with Gasteiger partial charge in [0.05, 0.1) is 0 Å². The Labute approximate surface area is 125 Å². The SMILES string of the molecule is Cc1cccc(/C=C/C(=O)NNC(=S)NC(C)(C)C)c1. The smallest absolute Gasteiger partial charge is 0.262 e. The molecule has 1 aromatic carbocycles. The van der Waals surface area contributed by atoms with Gasteiger partial charge in [-0.1, -0.05) is 29.8 Å². The van der Waals surface area contributed by atoms with Crippen LogP contribution in [0, 0.1) is 6.92 Å². The molecule has 5 heteroatoms. The average Bonchev–Trinajstić information content (AvgIpc) is 2.32. The molecule has 1 rings (SSSR count). The summed E-state index contributed by atoms with van der Waals surface area (Å²) in [5.41, 5.74) is 7.16. The first-order chi connectivity index (χ1) is 9.26. The number of carbonyl (C=O) groups is 1. The summed E-state index contributed by atoms with van der Waals surface area (Å²) in [5, 5.41) is 3.42. The summed E-state index contributed by atoms with van der Waals surface area (Å²) in [4.78, 5) is 11.6. The van der Waals surface area contributed by atoms with E-state index in [1.165, 1.54) is 6.08 Å². The maximum absolute atomic E-state index is 11.6. The molecule has 0 unspecified atom stereocenters. The van der Waals surface area contributed by atoms with Crippen molar-refractivity contribution >= 4 is 29.3 Å². The Balaban J connectivity index is 2.42. The summed E-state index contributed by atoms with van der Waals surface area (Å²) < 4.78 is 0. The summed E-state index contributed by atoms with van der Waals surface area (Å²) in [6.07, 6.45) is 3.21. The molecule has 1 amide bonds. The number of amides is 1. The Morgan fingerprint density at radius 3 is 2.55 bits per heavy atom. The largest absolute Gasteiger partial charge is 0.357 e. The highest BCUT2D eigenvalue weighted by molar-refractivity contribution is 7.80. The van der Waals surface area contributed by atoms with Crippen molar-refractivity contribution in [3.8, 4) is 0 Å². The minimum absolute atomic E-state index is 0.147. The van der Waals surface area contributed by atoms with Crippen LogP contribution in [0.25, 0.3) is 6.08 Å². The van der Waals surface area contributed by atoms with Crippen LogP contribution in [0.5, 0.6) is 0 Å². The quantitative estimate of drug-likeness (QED) is 0.445. The lowest BCUT2D eigenvalue weighted by atomic mass is 10.1. The second-order valence-corrected chi connectivity index (χ2v) is 5.97. The van der Waals surface area contributed by atoms with Crippen LogP contribution in [0.15, 0.2) is 30.3 Å². The van der Waals surface area contributed by atoms with Gasteiger partial charge in [0.25, 0.3) is 5.91 Å². The first-order valence-electron chi connectivity index (χ1n) is 6.39. The van der Waals surface area contributed by atoms with Gasteiger partial charge in [-0.15, -0.1) is 0 Å². The van der Waals surface area contributed by atoms with Gasteiger partial charge in [0.2, 0.25) is 0 Å². The Kier molecular flexibility index (Phi) is 5.70. The fraction of sp³-hybridized carbons (Fsp3) is 0.333. The minimum Gasteiger partial charge on any atom is -0.357 e. The monoisotopic (exact) mass is 291 g/mol. The summed E-state index contributed by atoms with van der Waals surface area (Å²) in [6.45, 7) is 7.97. The normalized spacial score (nSPS) is 11.2. The highest BCUT2D eigenvalue weighted by atomic mass is 32.1. The summed E-state index contributed by atoms with van der Waals surface area (Å²) in [5.74, 6) is -0.260. The van der Waals surface area contributed by atoms with Crippen LogP contribution in [-0.4, -0.2) is 16.6 Å². The second kappa shape index (κ2) is 7.05. The molecule has 0 spiro atoms. The molecule has 0 saturated carbocycles. The Morgan fingerprint density at radius 2 is 1.95 bits per heavy atom. The number of thiocarbonyl (C=S) groups is 1. The molecule has 0 aliphatic heterocycles. The number of benzene rings is 1. The van der Waals surface area contributed by atoms with Gasteiger partial charge in [0.1, 0.15) is 0 Å². The molecule has 0 aromatic heterocycles. The second-order valence-electron chi connectivity index (χ2n) is 5.57. The predicted octanol–water partition coefficient (Wildman–Crippen LogP) is 2.30. The molecule has 0 bridgehead atoms. The third-order valence-corrected chi connectivity index (χ3v) is 2.46. The van der Waals surface area contributed by atoms with Crippen molar-refractivity contribution in [1.82, 2.24) is 16.2 Å². The Hall–Kier alpha value is -1.88. The predicted molar refractivity (Wildman–Crippen MR) is 87.0 cm³/mol. The number of hydrazine groups is 1. The van der Waals surface area contributed by atoms with Crippen molar-refractivity contribution in [2.75, 3.05) is 0 Å². The van der Waals surface area contributed by atoms with Crippen molar-refractivity contribution in [2.45, 2.75) is 33.2 Å². The fourth-order valence-corrected chi connectivity index (χ4v) is 1.83. The van der Waals surface area contributed by atoms with Gasteiger partial charge >= 0.3 is 0 Å². The van der Waals surface area contributed by atoms with Crippen molar-refractivity contribution in [3.05, 3.63) is 41.5 Å². The molecule has 0 aliphatic rings. The van der Waals surface area contributed by atoms with Gasteiger partial charge in [0, 0.05) is 11.6 Å². The molecule has 0 fully saturated rings. The zero-order valence-corrected chi connectivity index (χ0v) is 13.1. The fourth-order valence-electron chi connectivity index (χ4n) is 1.48. The summed E-state index contributed by atoms with van der Waals surface area (Å²) in [7, 11) is 0. The van der Waals surface area contributed by atoms with Crippen LogP contribution in [0.1, 0.15) is 31.9 Å². The van der Waals surface area contributed by atoms with Crippen LogP contribution in [-0.2, 0) is 4.79 Å². The van der Waals surface area contributed by atoms with Gasteiger partial charge in [-0.2, -0.15) is 0 Å². The highest BCUT2D eigenvalue weighted by Crippen LogP contribution is 2.05. The average molecular weight is 291 g/mol. The molecule has 0 heterocycles. The molecule has 1 aromatic rings. The van der Waals surface area contributed by atoms with Crippen molar-refractivity contribution < 1.29 is 4.79 Å². The molecule has 3 N–H and O–H groups in total. The van der Waals surface area contributed by atoms with E-state index in [2.05, 4.69) is 16.2 Å². The first kappa shape index (κ1) is 16.2. The van der Waals surface area contributed by atoms with E-state index in [1.807, 2.05) is 52.0 Å². The maximum atomic E-state index is 11.6. The number of aryl methyl sites for hydroxylation is 1. The highest BCUT2D eigenvalue weighted by Gasteiger charge is 2.10. The van der Waals surface area contributed by atoms with Crippen LogP contribution in [0.4, 0.5) is 0 Å². The number of nitrogens with one attached hydrogen (secondary N) is 3. The first-order valence-corrected chi connectivity index (χ1v) is 6.80. The third-order valence-electron chi connectivity index (χ3n) is 2.26. The van der Waals surface area contributed by atoms with E-state index in [0.29, 0.717) is 5.11 Å². The van der Waals surface area contributed by atoms with Gasteiger partial charge in [-0.05, 0) is 51.6 Å². The number of hydrogen-bond acceptors (Lipinski definition) is 2. The van der Waals surface area contributed by atoms with E-state index in [1.54, 1.807) is 6.08 Å². The van der Waals surface area contributed by atoms with Gasteiger partial charge < -0.3 is 5.32 Å².